The van der Waals surface area contributed by atoms with Crippen molar-refractivity contribution in [3.05, 3.63) is 116 Å². The van der Waals surface area contributed by atoms with Gasteiger partial charge in [-0.25, -0.2) is 9.80 Å². The van der Waals surface area contributed by atoms with Gasteiger partial charge in [0.05, 0.1) is 22.3 Å². The lowest BCUT2D eigenvalue weighted by molar-refractivity contribution is -0.384. The molecule has 0 bridgehead atoms. The number of non-ortho nitro benzene ring substituents is 1. The van der Waals surface area contributed by atoms with Crippen molar-refractivity contribution in [3.63, 3.8) is 0 Å². The highest BCUT2D eigenvalue weighted by Gasteiger charge is 2.51. The van der Waals surface area contributed by atoms with Crippen molar-refractivity contribution in [1.82, 2.24) is 10.0 Å². The number of fused-ring (bicyclic) bond motifs is 1. The summed E-state index contributed by atoms with van der Waals surface area (Å²) in [7, 11) is 0. The van der Waals surface area contributed by atoms with E-state index in [2.05, 4.69) is 0 Å². The molecule has 3 aromatic rings. The van der Waals surface area contributed by atoms with Gasteiger partial charge >= 0.3 is 5.97 Å². The van der Waals surface area contributed by atoms with Gasteiger partial charge in [-0.05, 0) is 80.4 Å². The Morgan fingerprint density at radius 2 is 1.49 bits per heavy atom. The number of esters is 1. The zero-order chi connectivity index (χ0) is 30.8. The Balaban J connectivity index is 1.35. The largest absolute Gasteiger partial charge is 0.423 e. The second-order valence-corrected chi connectivity index (χ2v) is 10.6. The van der Waals surface area contributed by atoms with Gasteiger partial charge < -0.3 is 4.74 Å². The number of nitro groups is 1. The normalized spacial score (nSPS) is 17.6. The average molecular weight is 602 g/mol. The SMILES string of the molecule is CC1=CC[C@@H]2C(=O)N(N(CC(=O)c3ccc(OC(=O)c4ccc([N+](=O)[O-])cc4)cc3)C(=O)c3ccc(Cl)cc3)C(=O)[C@H]2C1. The first-order valence-electron chi connectivity index (χ1n) is 13.2. The van der Waals surface area contributed by atoms with Crippen molar-refractivity contribution in [2.75, 3.05) is 6.54 Å². The lowest BCUT2D eigenvalue weighted by atomic mass is 9.82. The highest BCUT2D eigenvalue weighted by molar-refractivity contribution is 6.30. The van der Waals surface area contributed by atoms with Crippen LogP contribution in [-0.2, 0) is 9.59 Å². The Labute approximate surface area is 250 Å². The zero-order valence-electron chi connectivity index (χ0n) is 22.8. The predicted molar refractivity (Wildman–Crippen MR) is 153 cm³/mol. The van der Waals surface area contributed by atoms with Gasteiger partial charge in [-0.3, -0.25) is 29.3 Å². The Morgan fingerprint density at radius 1 is 0.907 bits per heavy atom. The lowest BCUT2D eigenvalue weighted by Gasteiger charge is -2.30. The molecule has 0 aromatic heterocycles. The van der Waals surface area contributed by atoms with Crippen molar-refractivity contribution in [3.8, 4) is 5.75 Å². The van der Waals surface area contributed by atoms with Gasteiger partial charge in [0, 0.05) is 28.3 Å². The van der Waals surface area contributed by atoms with Crippen LogP contribution in [0.5, 0.6) is 5.75 Å². The number of ketones is 1. The minimum absolute atomic E-state index is 0.0908. The maximum absolute atomic E-state index is 13.6. The van der Waals surface area contributed by atoms with Crippen LogP contribution in [0.15, 0.2) is 84.4 Å². The van der Waals surface area contributed by atoms with E-state index in [0.29, 0.717) is 17.9 Å². The molecular weight excluding hydrogens is 578 g/mol. The molecule has 3 aromatic carbocycles. The van der Waals surface area contributed by atoms with Gasteiger partial charge in [0.1, 0.15) is 12.3 Å². The Bertz CT molecular complexity index is 1670. The van der Waals surface area contributed by atoms with E-state index >= 15 is 0 Å². The maximum atomic E-state index is 13.6. The number of hydrogen-bond donors (Lipinski definition) is 0. The number of halogens is 1. The summed E-state index contributed by atoms with van der Waals surface area (Å²) in [6.07, 6.45) is 2.67. The average Bonchev–Trinajstić information content (AvgIpc) is 3.24. The molecule has 5 rings (SSSR count). The van der Waals surface area contributed by atoms with E-state index in [1.807, 2.05) is 13.0 Å². The fourth-order valence-electron chi connectivity index (χ4n) is 5.05. The second-order valence-electron chi connectivity index (χ2n) is 10.2. The number of ether oxygens (including phenoxy) is 1. The molecule has 3 amide bonds. The molecule has 1 saturated heterocycles. The molecule has 2 aliphatic rings. The van der Waals surface area contributed by atoms with Gasteiger partial charge in [0.15, 0.2) is 5.78 Å². The number of Topliss-reactive ketones (excluding diaryl/α,β-unsaturated/α-hetero) is 1. The highest BCUT2D eigenvalue weighted by Crippen LogP contribution is 2.38. The number of benzene rings is 3. The van der Waals surface area contributed by atoms with Crippen LogP contribution < -0.4 is 4.74 Å². The lowest BCUT2D eigenvalue weighted by Crippen LogP contribution is -2.52. The van der Waals surface area contributed by atoms with Gasteiger partial charge in [-0.15, -0.1) is 0 Å². The number of allylic oxidation sites excluding steroid dienone is 2. The summed E-state index contributed by atoms with van der Waals surface area (Å²) in [4.78, 5) is 76.5. The Hall–Kier alpha value is -5.16. The van der Waals surface area contributed by atoms with E-state index in [9.17, 15) is 34.1 Å². The molecule has 1 aliphatic carbocycles. The molecule has 0 N–H and O–H groups in total. The third-order valence-corrected chi connectivity index (χ3v) is 7.61. The minimum atomic E-state index is -0.758. The number of nitrogens with zero attached hydrogens (tertiary/aromatic N) is 3. The molecule has 43 heavy (non-hydrogen) atoms. The Kier molecular flexibility index (Phi) is 8.18. The number of amides is 3. The third kappa shape index (κ3) is 6.07. The van der Waals surface area contributed by atoms with Crippen molar-refractivity contribution in [1.29, 1.82) is 0 Å². The number of rotatable bonds is 8. The van der Waals surface area contributed by atoms with E-state index in [4.69, 9.17) is 16.3 Å². The first kappa shape index (κ1) is 29.3. The van der Waals surface area contributed by atoms with Crippen LogP contribution in [0.4, 0.5) is 5.69 Å². The van der Waals surface area contributed by atoms with Crippen LogP contribution >= 0.6 is 11.6 Å². The number of hydrogen-bond acceptors (Lipinski definition) is 8. The molecule has 11 nitrogen and oxygen atoms in total. The fraction of sp³-hybridized carbons (Fsp3) is 0.194. The van der Waals surface area contributed by atoms with Crippen LogP contribution in [0.25, 0.3) is 0 Å². The smallest absolute Gasteiger partial charge is 0.343 e. The molecule has 1 heterocycles. The summed E-state index contributed by atoms with van der Waals surface area (Å²) in [6.45, 7) is 1.27. The monoisotopic (exact) mass is 601 g/mol. The third-order valence-electron chi connectivity index (χ3n) is 7.36. The summed E-state index contributed by atoms with van der Waals surface area (Å²) in [6, 6.07) is 16.3. The Morgan fingerprint density at radius 3 is 2.12 bits per heavy atom. The van der Waals surface area contributed by atoms with Crippen LogP contribution in [0.1, 0.15) is 50.8 Å². The molecular formula is C31H24ClN3O8. The molecule has 2 atom stereocenters. The highest BCUT2D eigenvalue weighted by atomic mass is 35.5. The summed E-state index contributed by atoms with van der Waals surface area (Å²) in [5, 5.41) is 12.9. The molecule has 1 fully saturated rings. The zero-order valence-corrected chi connectivity index (χ0v) is 23.5. The van der Waals surface area contributed by atoms with Gasteiger partial charge in [0.25, 0.3) is 23.4 Å². The number of carbonyl (C=O) groups is 5. The van der Waals surface area contributed by atoms with E-state index < -0.39 is 52.8 Å². The van der Waals surface area contributed by atoms with Crippen LogP contribution in [0, 0.1) is 22.0 Å². The number of carbonyl (C=O) groups excluding carboxylic acids is 5. The summed E-state index contributed by atoms with van der Waals surface area (Å²) >= 11 is 5.97. The van der Waals surface area contributed by atoms with Gasteiger partial charge in [-0.1, -0.05) is 23.3 Å². The number of nitro benzene ring substituents is 1. The molecule has 0 saturated carbocycles. The fourth-order valence-corrected chi connectivity index (χ4v) is 5.18. The topological polar surface area (TPSA) is 144 Å². The van der Waals surface area contributed by atoms with Crippen LogP contribution in [-0.4, -0.2) is 51.0 Å². The van der Waals surface area contributed by atoms with Crippen LogP contribution in [0.2, 0.25) is 5.02 Å². The second kappa shape index (κ2) is 12.0. The quantitative estimate of drug-likeness (QED) is 0.0663. The van der Waals surface area contributed by atoms with Crippen molar-refractivity contribution in [2.24, 2.45) is 11.8 Å². The van der Waals surface area contributed by atoms with Crippen LogP contribution in [0.3, 0.4) is 0 Å². The number of imide groups is 1. The molecule has 0 unspecified atom stereocenters. The van der Waals surface area contributed by atoms with E-state index in [-0.39, 0.29) is 28.1 Å². The maximum Gasteiger partial charge on any atom is 0.343 e. The summed E-state index contributed by atoms with van der Waals surface area (Å²) < 4.78 is 5.30. The molecule has 218 valence electrons. The first-order chi connectivity index (χ1) is 20.5. The standard InChI is InChI=1S/C31H24ClN3O8/c1-18-2-15-25-26(16-18)30(39)34(29(25)38)33(28(37)20-3-9-22(32)10-4-20)17-27(36)19-7-13-24(14-8-19)43-31(40)21-5-11-23(12-6-21)35(41)42/h2-14,25-26H,15-17H2,1H3/t25-,26-/m0/s1. The molecule has 0 spiro atoms. The summed E-state index contributed by atoms with van der Waals surface area (Å²) in [5.41, 5.74) is 1.16. The molecule has 0 radical (unpaired) electrons. The van der Waals surface area contributed by atoms with Crippen molar-refractivity contribution < 1.29 is 33.6 Å². The summed E-state index contributed by atoms with van der Waals surface area (Å²) in [5.74, 6) is -4.25. The van der Waals surface area contributed by atoms with E-state index in [0.717, 1.165) is 15.6 Å². The van der Waals surface area contributed by atoms with E-state index in [1.165, 1.54) is 72.8 Å². The van der Waals surface area contributed by atoms with E-state index in [1.54, 1.807) is 0 Å². The first-order valence-corrected chi connectivity index (χ1v) is 13.6. The van der Waals surface area contributed by atoms with Crippen molar-refractivity contribution in [2.45, 2.75) is 19.8 Å². The van der Waals surface area contributed by atoms with Crippen molar-refractivity contribution >= 4 is 46.8 Å². The molecule has 1 aliphatic heterocycles. The van der Waals surface area contributed by atoms with Gasteiger partial charge in [-0.2, -0.15) is 5.01 Å². The minimum Gasteiger partial charge on any atom is -0.423 e. The van der Waals surface area contributed by atoms with Gasteiger partial charge in [0.2, 0.25) is 0 Å². The predicted octanol–water partition coefficient (Wildman–Crippen LogP) is 5.05. The number of hydrazine groups is 1. The molecule has 12 heteroatoms.